The number of rotatable bonds is 9. The highest BCUT2D eigenvalue weighted by atomic mass is 16.6. The van der Waals surface area contributed by atoms with Crippen LogP contribution in [0.4, 0.5) is 10.5 Å². The van der Waals surface area contributed by atoms with E-state index in [0.29, 0.717) is 22.6 Å². The molecule has 2 rings (SSSR count). The van der Waals surface area contributed by atoms with Gasteiger partial charge in [0.15, 0.2) is 0 Å². The summed E-state index contributed by atoms with van der Waals surface area (Å²) in [6, 6.07) is 15.1. The minimum Gasteiger partial charge on any atom is -0.491 e. The fourth-order valence-electron chi connectivity index (χ4n) is 2.69. The van der Waals surface area contributed by atoms with Gasteiger partial charge in [-0.05, 0) is 42.0 Å². The second-order valence-corrected chi connectivity index (χ2v) is 6.48. The summed E-state index contributed by atoms with van der Waals surface area (Å²) in [5.74, 6) is -0.679. The van der Waals surface area contributed by atoms with Crippen molar-refractivity contribution in [3.05, 3.63) is 71.8 Å². The van der Waals surface area contributed by atoms with Crippen LogP contribution >= 0.6 is 0 Å². The van der Waals surface area contributed by atoms with Gasteiger partial charge in [-0.25, -0.2) is 10.3 Å². The van der Waals surface area contributed by atoms with Gasteiger partial charge < -0.3 is 14.6 Å². The number of carbonyl (C=O) groups is 2. The number of carbonyl (C=O) groups excluding carboxylic acids is 2. The van der Waals surface area contributed by atoms with Crippen LogP contribution in [-0.2, 0) is 9.53 Å². The van der Waals surface area contributed by atoms with Crippen molar-refractivity contribution < 1.29 is 29.4 Å². The lowest BCUT2D eigenvalue weighted by molar-refractivity contribution is -0.124. The zero-order valence-electron chi connectivity index (χ0n) is 16.8. The maximum atomic E-state index is 12.5. The first kappa shape index (κ1) is 23.4. The summed E-state index contributed by atoms with van der Waals surface area (Å²) in [5, 5.41) is 29.1. The highest BCUT2D eigenvalue weighted by molar-refractivity contribution is 5.86. The molecule has 0 aliphatic carbocycles. The molecule has 2 aromatic carbocycles. The quantitative estimate of drug-likeness (QED) is 0.275. The summed E-state index contributed by atoms with van der Waals surface area (Å²) in [6.07, 6.45) is 1.10. The third kappa shape index (κ3) is 7.47. The smallest absolute Gasteiger partial charge is 0.412 e. The molecule has 4 N–H and O–H groups in total. The molecule has 0 saturated heterocycles. The van der Waals surface area contributed by atoms with Crippen LogP contribution in [0.25, 0.3) is 0 Å². The molecule has 0 radical (unpaired) electrons. The average molecular weight is 425 g/mol. The Labute approximate surface area is 179 Å². The number of hydrogen-bond acceptors (Lipinski definition) is 7. The Morgan fingerprint density at radius 1 is 1.23 bits per heavy atom. The first-order valence-electron chi connectivity index (χ1n) is 9.40. The van der Waals surface area contributed by atoms with Crippen molar-refractivity contribution in [1.82, 2.24) is 5.48 Å². The van der Waals surface area contributed by atoms with E-state index < -0.39 is 24.0 Å². The summed E-state index contributed by atoms with van der Waals surface area (Å²) >= 11 is 0. The molecule has 0 saturated carbocycles. The van der Waals surface area contributed by atoms with E-state index in [9.17, 15) is 9.59 Å². The van der Waals surface area contributed by atoms with Crippen molar-refractivity contribution in [1.29, 1.82) is 5.26 Å². The number of nitriles is 1. The topological polar surface area (TPSA) is 141 Å². The number of hydrogen-bond donors (Lipinski definition) is 4. The van der Waals surface area contributed by atoms with Crippen LogP contribution in [0, 0.1) is 17.2 Å². The molecule has 0 heterocycles. The van der Waals surface area contributed by atoms with Gasteiger partial charge in [-0.1, -0.05) is 25.1 Å². The predicted molar refractivity (Wildman–Crippen MR) is 111 cm³/mol. The van der Waals surface area contributed by atoms with Crippen molar-refractivity contribution in [3.63, 3.8) is 0 Å². The number of benzene rings is 2. The molecule has 162 valence electrons. The minimum atomic E-state index is -0.793. The van der Waals surface area contributed by atoms with Crippen LogP contribution in [0.1, 0.15) is 24.2 Å². The monoisotopic (exact) mass is 425 g/mol. The Balaban J connectivity index is 2.22. The van der Waals surface area contributed by atoms with Crippen LogP contribution in [0.3, 0.4) is 0 Å². The molecule has 0 bridgehead atoms. The zero-order valence-corrected chi connectivity index (χ0v) is 16.8. The lowest BCUT2D eigenvalue weighted by Gasteiger charge is -2.23. The van der Waals surface area contributed by atoms with Gasteiger partial charge in [-0.15, -0.1) is 0 Å². The summed E-state index contributed by atoms with van der Waals surface area (Å²) < 4.78 is 11.0. The Kier molecular flexibility index (Phi) is 9.04. The molecule has 0 aliphatic rings. The second-order valence-electron chi connectivity index (χ2n) is 6.48. The van der Waals surface area contributed by atoms with Gasteiger partial charge in [0.05, 0.1) is 18.2 Å². The molecule has 0 unspecified atom stereocenters. The molecule has 2 amide bonds. The van der Waals surface area contributed by atoms with E-state index in [2.05, 4.69) is 5.32 Å². The fraction of sp³-hybridized carbons (Fsp3) is 0.227. The van der Waals surface area contributed by atoms with Crippen LogP contribution in [0.2, 0.25) is 0 Å². The molecule has 0 fully saturated rings. The van der Waals surface area contributed by atoms with E-state index in [0.717, 1.165) is 6.08 Å². The van der Waals surface area contributed by atoms with E-state index in [4.69, 9.17) is 25.0 Å². The summed E-state index contributed by atoms with van der Waals surface area (Å²) in [4.78, 5) is 23.8. The minimum absolute atomic E-state index is 0.111. The predicted octanol–water partition coefficient (Wildman–Crippen LogP) is 2.92. The molecule has 2 aromatic rings. The van der Waals surface area contributed by atoms with Crippen molar-refractivity contribution >= 4 is 17.7 Å². The number of nitrogens with zero attached hydrogens (tertiary/aromatic N) is 1. The van der Waals surface area contributed by atoms with E-state index in [1.54, 1.807) is 55.5 Å². The Morgan fingerprint density at radius 3 is 2.61 bits per heavy atom. The molecule has 9 heteroatoms. The molecule has 0 aromatic heterocycles. The molecule has 31 heavy (non-hydrogen) atoms. The SMILES string of the molecule is C[C@H](/C=C/C(=O)NO)[C@H](OC(=O)Nc1ccc(C#N)cc1)c1cccc(OCCO)c1. The number of nitrogens with one attached hydrogen (secondary N) is 2. The number of ether oxygens (including phenoxy) is 2. The largest absolute Gasteiger partial charge is 0.491 e. The standard InChI is InChI=1S/C22H23N3O6/c1-15(5-10-20(27)25-29)21(17-3-2-4-19(13-17)30-12-11-26)31-22(28)24-18-8-6-16(14-23)7-9-18/h2-10,13,15,21,26,29H,11-12H2,1H3,(H,24,28)(H,25,27)/b10-5+/t15-,21+/m1/s1. The molecule has 0 aliphatic heterocycles. The van der Waals surface area contributed by atoms with E-state index in [1.165, 1.54) is 11.6 Å². The van der Waals surface area contributed by atoms with Crippen LogP contribution < -0.4 is 15.5 Å². The van der Waals surface area contributed by atoms with E-state index in [1.807, 2.05) is 6.07 Å². The fourth-order valence-corrected chi connectivity index (χ4v) is 2.69. The van der Waals surface area contributed by atoms with E-state index in [-0.39, 0.29) is 13.2 Å². The lowest BCUT2D eigenvalue weighted by atomic mass is 9.96. The number of aliphatic hydroxyl groups is 1. The van der Waals surface area contributed by atoms with Gasteiger partial charge in [0.2, 0.25) is 0 Å². The third-order valence-electron chi connectivity index (χ3n) is 4.18. The summed E-state index contributed by atoms with van der Waals surface area (Å²) in [5.41, 5.74) is 3.01. The number of anilines is 1. The molecule has 9 nitrogen and oxygen atoms in total. The Bertz CT molecular complexity index is 952. The maximum absolute atomic E-state index is 12.5. The molecule has 0 spiro atoms. The van der Waals surface area contributed by atoms with Gasteiger partial charge in [-0.2, -0.15) is 5.26 Å². The maximum Gasteiger partial charge on any atom is 0.412 e. The third-order valence-corrected chi connectivity index (χ3v) is 4.18. The van der Waals surface area contributed by atoms with Crippen LogP contribution in [0.15, 0.2) is 60.7 Å². The van der Waals surface area contributed by atoms with E-state index >= 15 is 0 Å². The van der Waals surface area contributed by atoms with Gasteiger partial charge in [0.25, 0.3) is 5.91 Å². The highest BCUT2D eigenvalue weighted by Crippen LogP contribution is 2.30. The van der Waals surface area contributed by atoms with Crippen molar-refractivity contribution in [3.8, 4) is 11.8 Å². The number of amides is 2. The molecular weight excluding hydrogens is 402 g/mol. The second kappa shape index (κ2) is 12.0. The highest BCUT2D eigenvalue weighted by Gasteiger charge is 2.23. The normalized spacial score (nSPS) is 12.5. The van der Waals surface area contributed by atoms with Crippen LogP contribution in [-0.4, -0.2) is 35.5 Å². The first-order valence-corrected chi connectivity index (χ1v) is 9.40. The van der Waals surface area contributed by atoms with Gasteiger partial charge >= 0.3 is 6.09 Å². The zero-order chi connectivity index (χ0) is 22.6. The first-order chi connectivity index (χ1) is 15.0. The number of hydroxylamine groups is 1. The Morgan fingerprint density at radius 2 is 1.97 bits per heavy atom. The molecule has 2 atom stereocenters. The van der Waals surface area contributed by atoms with Crippen molar-refractivity contribution in [2.24, 2.45) is 5.92 Å². The van der Waals surface area contributed by atoms with Gasteiger partial charge in [0.1, 0.15) is 18.5 Å². The van der Waals surface area contributed by atoms with Crippen molar-refractivity contribution in [2.45, 2.75) is 13.0 Å². The lowest BCUT2D eigenvalue weighted by Crippen LogP contribution is -2.22. The summed E-state index contributed by atoms with van der Waals surface area (Å²) in [7, 11) is 0. The van der Waals surface area contributed by atoms with Crippen LogP contribution in [0.5, 0.6) is 5.75 Å². The Hall–Kier alpha value is -3.87. The van der Waals surface area contributed by atoms with Gasteiger partial charge in [0, 0.05) is 17.7 Å². The number of aliphatic hydroxyl groups excluding tert-OH is 1. The van der Waals surface area contributed by atoms with Crippen molar-refractivity contribution in [2.75, 3.05) is 18.5 Å². The molecular formula is C22H23N3O6. The van der Waals surface area contributed by atoms with Gasteiger partial charge in [-0.3, -0.25) is 15.3 Å². The average Bonchev–Trinajstić information content (AvgIpc) is 2.80. The summed E-state index contributed by atoms with van der Waals surface area (Å²) in [6.45, 7) is 1.70.